The molecule has 5 rings (SSSR count). The van der Waals surface area contributed by atoms with Crippen LogP contribution >= 0.6 is 11.6 Å². The average molecular weight is 489 g/mol. The number of aromatic nitrogens is 1. The average Bonchev–Trinajstić information content (AvgIpc) is 2.86. The van der Waals surface area contributed by atoms with Gasteiger partial charge in [-0.15, -0.1) is 0 Å². The Bertz CT molecular complexity index is 1580. The van der Waals surface area contributed by atoms with Gasteiger partial charge in [0.05, 0.1) is 22.1 Å². The van der Waals surface area contributed by atoms with Crippen LogP contribution in [-0.2, 0) is 0 Å². The molecule has 1 aliphatic rings. The third-order valence-corrected chi connectivity index (χ3v) is 5.82. The second kappa shape index (κ2) is 9.08. The predicted molar refractivity (Wildman–Crippen MR) is 132 cm³/mol. The van der Waals surface area contributed by atoms with E-state index in [4.69, 9.17) is 21.1 Å². The van der Waals surface area contributed by atoms with E-state index in [9.17, 15) is 19.7 Å². The third-order valence-electron chi connectivity index (χ3n) is 5.59. The Hall–Kier alpha value is -4.43. The van der Waals surface area contributed by atoms with Crippen LogP contribution < -0.4 is 15.0 Å². The van der Waals surface area contributed by atoms with E-state index in [1.165, 1.54) is 18.2 Å². The minimum atomic E-state index is -0.615. The van der Waals surface area contributed by atoms with Crippen molar-refractivity contribution in [1.82, 2.24) is 4.98 Å². The monoisotopic (exact) mass is 488 g/mol. The van der Waals surface area contributed by atoms with Gasteiger partial charge in [-0.05, 0) is 42.0 Å². The van der Waals surface area contributed by atoms with Gasteiger partial charge < -0.3 is 14.5 Å². The van der Waals surface area contributed by atoms with E-state index < -0.39 is 16.3 Å². The Kier molecular flexibility index (Phi) is 5.80. The summed E-state index contributed by atoms with van der Waals surface area (Å²) in [6.07, 6.45) is 2.45. The molecule has 174 valence electrons. The normalized spacial score (nSPS) is 12.7. The van der Waals surface area contributed by atoms with E-state index in [0.717, 1.165) is 6.08 Å². The summed E-state index contributed by atoms with van der Waals surface area (Å²) >= 11 is 6.22. The fourth-order valence-electron chi connectivity index (χ4n) is 4.04. The quantitative estimate of drug-likeness (QED) is 0.174. The highest BCUT2D eigenvalue weighted by atomic mass is 35.5. The number of ketones is 1. The minimum Gasteiger partial charge on any atom is -0.486 e. The summed E-state index contributed by atoms with van der Waals surface area (Å²) in [6, 6.07) is 16.7. The summed E-state index contributed by atoms with van der Waals surface area (Å²) in [5.41, 5.74) is 0.842. The number of carbonyl (C=O) groups excluding carboxylic acids is 1. The number of carbonyl (C=O) groups is 1. The first-order valence-electron chi connectivity index (χ1n) is 10.6. The summed E-state index contributed by atoms with van der Waals surface area (Å²) in [4.78, 5) is 40.2. The molecule has 0 aliphatic carbocycles. The summed E-state index contributed by atoms with van der Waals surface area (Å²) in [5.74, 6) is -0.00562. The standard InChI is InChI=1S/C26H17ClN2O6/c27-17-7-8-19-18(13-17)24(15-4-2-1-3-5-15)25(26(31)28-19)21(30)9-6-16-12-22-23(35-11-10-34-22)14-20(16)29(32)33/h1-9,12-14H,10-11H2,(H,28,31)/b9-6-. The van der Waals surface area contributed by atoms with Gasteiger partial charge in [0.2, 0.25) is 0 Å². The van der Waals surface area contributed by atoms with Crippen LogP contribution in [-0.4, -0.2) is 28.9 Å². The molecule has 0 radical (unpaired) electrons. The molecule has 9 heteroatoms. The molecule has 0 saturated carbocycles. The maximum absolute atomic E-state index is 13.4. The number of halogens is 1. The van der Waals surface area contributed by atoms with Crippen molar-refractivity contribution in [2.45, 2.75) is 0 Å². The number of hydrogen-bond acceptors (Lipinski definition) is 6. The van der Waals surface area contributed by atoms with E-state index in [1.807, 2.05) is 6.07 Å². The molecule has 0 unspecified atom stereocenters. The van der Waals surface area contributed by atoms with Crippen molar-refractivity contribution in [3.8, 4) is 22.6 Å². The molecule has 0 saturated heterocycles. The van der Waals surface area contributed by atoms with Gasteiger partial charge in [0.1, 0.15) is 13.2 Å². The van der Waals surface area contributed by atoms with Gasteiger partial charge >= 0.3 is 0 Å². The van der Waals surface area contributed by atoms with Crippen molar-refractivity contribution in [1.29, 1.82) is 0 Å². The molecule has 1 aromatic heterocycles. The second-order valence-corrected chi connectivity index (χ2v) is 8.21. The molecular formula is C26H17ClN2O6. The van der Waals surface area contributed by atoms with Crippen molar-refractivity contribution in [3.63, 3.8) is 0 Å². The molecule has 8 nitrogen and oxygen atoms in total. The number of nitro benzene ring substituents is 1. The number of aromatic amines is 1. The van der Waals surface area contributed by atoms with Crippen LogP contribution in [0.1, 0.15) is 15.9 Å². The van der Waals surface area contributed by atoms with Crippen molar-refractivity contribution in [3.05, 3.63) is 103 Å². The molecule has 3 aromatic carbocycles. The number of hydrogen-bond donors (Lipinski definition) is 1. The van der Waals surface area contributed by atoms with Crippen LogP contribution in [0.15, 0.2) is 71.5 Å². The number of rotatable bonds is 5. The molecular weight excluding hydrogens is 472 g/mol. The zero-order valence-corrected chi connectivity index (χ0v) is 18.9. The lowest BCUT2D eigenvalue weighted by Crippen LogP contribution is -2.18. The third kappa shape index (κ3) is 4.27. The number of H-pyrrole nitrogens is 1. The number of nitrogens with one attached hydrogen (secondary N) is 1. The zero-order chi connectivity index (χ0) is 24.5. The van der Waals surface area contributed by atoms with Crippen molar-refractivity contribution < 1.29 is 19.2 Å². The van der Waals surface area contributed by atoms with E-state index in [1.54, 1.807) is 42.5 Å². The fraction of sp³-hybridized carbons (Fsp3) is 0.0769. The first-order valence-corrected chi connectivity index (χ1v) is 11.0. The SMILES string of the molecule is O=C(/C=C\c1cc2c(cc1[N+](=O)[O-])OCCO2)c1c(-c2ccccc2)c2cc(Cl)ccc2[nH]c1=O. The number of allylic oxidation sites excluding steroid dienone is 1. The lowest BCUT2D eigenvalue weighted by Gasteiger charge is -2.18. The van der Waals surface area contributed by atoms with Crippen molar-refractivity contribution >= 4 is 40.1 Å². The summed E-state index contributed by atoms with van der Waals surface area (Å²) in [6.45, 7) is 0.594. The topological polar surface area (TPSA) is 112 Å². The summed E-state index contributed by atoms with van der Waals surface area (Å²) in [5, 5.41) is 12.7. The maximum Gasteiger partial charge on any atom is 0.280 e. The summed E-state index contributed by atoms with van der Waals surface area (Å²) < 4.78 is 10.9. The number of fused-ring (bicyclic) bond motifs is 2. The minimum absolute atomic E-state index is 0.0950. The second-order valence-electron chi connectivity index (χ2n) is 7.77. The molecule has 2 heterocycles. The highest BCUT2D eigenvalue weighted by molar-refractivity contribution is 6.31. The Labute approximate surface area is 203 Å². The van der Waals surface area contributed by atoms with Crippen LogP contribution in [0, 0.1) is 10.1 Å². The Balaban J connectivity index is 1.66. The molecule has 4 aromatic rings. The van der Waals surface area contributed by atoms with Crippen LogP contribution in [0.3, 0.4) is 0 Å². The highest BCUT2D eigenvalue weighted by Gasteiger charge is 2.23. The Morgan fingerprint density at radius 2 is 1.74 bits per heavy atom. The van der Waals surface area contributed by atoms with Gasteiger partial charge in [-0.3, -0.25) is 19.7 Å². The van der Waals surface area contributed by atoms with Crippen LogP contribution in [0.5, 0.6) is 11.5 Å². The van der Waals surface area contributed by atoms with Gasteiger partial charge in [0.15, 0.2) is 17.3 Å². The van der Waals surface area contributed by atoms with Gasteiger partial charge in [0, 0.05) is 21.5 Å². The van der Waals surface area contributed by atoms with E-state index in [2.05, 4.69) is 4.98 Å². The van der Waals surface area contributed by atoms with Gasteiger partial charge in [-0.1, -0.05) is 41.9 Å². The van der Waals surface area contributed by atoms with Gasteiger partial charge in [-0.2, -0.15) is 0 Å². The molecule has 0 spiro atoms. The Morgan fingerprint density at radius 1 is 1.03 bits per heavy atom. The lowest BCUT2D eigenvalue weighted by molar-refractivity contribution is -0.385. The molecule has 1 N–H and O–H groups in total. The number of nitro groups is 1. The van der Waals surface area contributed by atoms with E-state index in [0.29, 0.717) is 39.4 Å². The van der Waals surface area contributed by atoms with Gasteiger partial charge in [0.25, 0.3) is 11.2 Å². The number of ether oxygens (including phenoxy) is 2. The van der Waals surface area contributed by atoms with Crippen LogP contribution in [0.2, 0.25) is 5.02 Å². The van der Waals surface area contributed by atoms with Crippen LogP contribution in [0.4, 0.5) is 5.69 Å². The first kappa shape index (κ1) is 22.4. The van der Waals surface area contributed by atoms with E-state index in [-0.39, 0.29) is 29.2 Å². The summed E-state index contributed by atoms with van der Waals surface area (Å²) in [7, 11) is 0. The molecule has 0 fully saturated rings. The largest absolute Gasteiger partial charge is 0.486 e. The first-order chi connectivity index (χ1) is 16.9. The van der Waals surface area contributed by atoms with Gasteiger partial charge in [-0.25, -0.2) is 0 Å². The zero-order valence-electron chi connectivity index (χ0n) is 18.1. The molecule has 1 aliphatic heterocycles. The molecule has 0 bridgehead atoms. The molecule has 0 atom stereocenters. The Morgan fingerprint density at radius 3 is 2.46 bits per heavy atom. The smallest absolute Gasteiger partial charge is 0.280 e. The van der Waals surface area contributed by atoms with Crippen LogP contribution in [0.25, 0.3) is 28.1 Å². The fourth-order valence-corrected chi connectivity index (χ4v) is 4.21. The van der Waals surface area contributed by atoms with E-state index >= 15 is 0 Å². The number of benzene rings is 3. The maximum atomic E-state index is 13.4. The lowest BCUT2D eigenvalue weighted by atomic mass is 9.94. The predicted octanol–water partition coefficient (Wildman–Crippen LogP) is 5.42. The highest BCUT2D eigenvalue weighted by Crippen LogP contribution is 2.37. The van der Waals surface area contributed by atoms with Crippen molar-refractivity contribution in [2.24, 2.45) is 0 Å². The molecule has 35 heavy (non-hydrogen) atoms. The van der Waals surface area contributed by atoms with Crippen molar-refractivity contribution in [2.75, 3.05) is 13.2 Å². The number of pyridine rings is 1. The molecule has 0 amide bonds. The number of nitrogens with zero attached hydrogens (tertiary/aromatic N) is 1.